The van der Waals surface area contributed by atoms with E-state index in [9.17, 15) is 9.90 Å². The van der Waals surface area contributed by atoms with Crippen molar-refractivity contribution in [3.05, 3.63) is 0 Å². The Hall–Kier alpha value is -0.370. The predicted molar refractivity (Wildman–Crippen MR) is 61.5 cm³/mol. The lowest BCUT2D eigenvalue weighted by Gasteiger charge is -2.39. The lowest BCUT2D eigenvalue weighted by atomic mass is 9.68. The van der Waals surface area contributed by atoms with Crippen molar-refractivity contribution in [2.75, 3.05) is 0 Å². The monoisotopic (exact) mass is 212 g/mol. The van der Waals surface area contributed by atoms with Gasteiger partial charge in [-0.3, -0.25) is 0 Å². The molecule has 4 atom stereocenters. The lowest BCUT2D eigenvalue weighted by Crippen LogP contribution is -2.37. The molecule has 0 amide bonds. The Bertz CT molecular complexity index is 223. The van der Waals surface area contributed by atoms with Crippen LogP contribution in [-0.2, 0) is 4.79 Å². The molecule has 0 heterocycles. The molecule has 1 rings (SSSR count). The number of hydrogen-bond acceptors (Lipinski definition) is 2. The fourth-order valence-electron chi connectivity index (χ4n) is 2.86. The first-order chi connectivity index (χ1) is 6.91. The Morgan fingerprint density at radius 2 is 2.00 bits per heavy atom. The predicted octanol–water partition coefficient (Wildman–Crippen LogP) is 2.64. The first-order valence-corrected chi connectivity index (χ1v) is 6.09. The number of rotatable bonds is 3. The Kier molecular flexibility index (Phi) is 4.32. The molecule has 0 aromatic rings. The summed E-state index contributed by atoms with van der Waals surface area (Å²) >= 11 is 0. The van der Waals surface area contributed by atoms with Gasteiger partial charge in [-0.15, -0.1) is 0 Å². The van der Waals surface area contributed by atoms with Crippen LogP contribution in [0.5, 0.6) is 0 Å². The van der Waals surface area contributed by atoms with Crippen LogP contribution in [0, 0.1) is 23.7 Å². The van der Waals surface area contributed by atoms with E-state index in [2.05, 4.69) is 20.8 Å². The van der Waals surface area contributed by atoms with Crippen molar-refractivity contribution in [2.24, 2.45) is 23.7 Å². The van der Waals surface area contributed by atoms with Crippen molar-refractivity contribution in [2.45, 2.75) is 53.1 Å². The minimum atomic E-state index is -0.164. The summed E-state index contributed by atoms with van der Waals surface area (Å²) < 4.78 is 0. The molecule has 1 aliphatic carbocycles. The van der Waals surface area contributed by atoms with Crippen LogP contribution in [0.2, 0.25) is 0 Å². The summed E-state index contributed by atoms with van der Waals surface area (Å²) in [5.74, 6) is 2.15. The number of carbonyl (C=O) groups is 1. The van der Waals surface area contributed by atoms with E-state index in [1.807, 2.05) is 0 Å². The van der Waals surface area contributed by atoms with Crippen LogP contribution in [0.15, 0.2) is 0 Å². The molecule has 0 bridgehead atoms. The van der Waals surface area contributed by atoms with E-state index in [0.717, 1.165) is 12.8 Å². The number of carbonyl (C=O) groups excluding carboxylic acids is 1. The molecular formula is C13H24O2. The van der Waals surface area contributed by atoms with Gasteiger partial charge in [-0.25, -0.2) is 0 Å². The molecule has 2 nitrogen and oxygen atoms in total. The number of ketones is 1. The topological polar surface area (TPSA) is 37.3 Å². The maximum atomic E-state index is 11.2. The van der Waals surface area contributed by atoms with Crippen molar-refractivity contribution in [3.63, 3.8) is 0 Å². The Morgan fingerprint density at radius 3 is 2.47 bits per heavy atom. The summed E-state index contributed by atoms with van der Waals surface area (Å²) in [6, 6.07) is 0. The SMILES string of the molecule is CC(=O)CC1CC(C(C)C)C(O)CC1C. The highest BCUT2D eigenvalue weighted by atomic mass is 16.3. The Labute approximate surface area is 93.1 Å². The molecule has 4 unspecified atom stereocenters. The molecule has 1 aliphatic rings. The van der Waals surface area contributed by atoms with Crippen molar-refractivity contribution in [1.82, 2.24) is 0 Å². The van der Waals surface area contributed by atoms with Crippen LogP contribution >= 0.6 is 0 Å². The molecule has 0 saturated heterocycles. The van der Waals surface area contributed by atoms with E-state index < -0.39 is 0 Å². The molecule has 1 N–H and O–H groups in total. The number of aliphatic hydroxyl groups excluding tert-OH is 1. The van der Waals surface area contributed by atoms with Gasteiger partial charge in [0.1, 0.15) is 5.78 Å². The standard InChI is InChI=1S/C13H24O2/c1-8(2)12-7-11(6-10(4)14)9(3)5-13(12)15/h8-9,11-13,15H,5-7H2,1-4H3. The summed E-state index contributed by atoms with van der Waals surface area (Å²) in [6.45, 7) is 8.15. The van der Waals surface area contributed by atoms with E-state index in [1.54, 1.807) is 6.92 Å². The third-order valence-electron chi connectivity index (χ3n) is 3.89. The van der Waals surface area contributed by atoms with Crippen LogP contribution in [0.4, 0.5) is 0 Å². The van der Waals surface area contributed by atoms with E-state index in [4.69, 9.17) is 0 Å². The zero-order valence-electron chi connectivity index (χ0n) is 10.4. The van der Waals surface area contributed by atoms with Gasteiger partial charge < -0.3 is 9.90 Å². The molecule has 1 fully saturated rings. The van der Waals surface area contributed by atoms with E-state index in [1.165, 1.54) is 0 Å². The highest BCUT2D eigenvalue weighted by molar-refractivity contribution is 5.75. The molecule has 0 radical (unpaired) electrons. The first kappa shape index (κ1) is 12.7. The zero-order chi connectivity index (χ0) is 11.6. The van der Waals surface area contributed by atoms with Crippen LogP contribution in [0.3, 0.4) is 0 Å². The normalized spacial score (nSPS) is 36.9. The van der Waals surface area contributed by atoms with Gasteiger partial charge in [-0.2, -0.15) is 0 Å². The number of Topliss-reactive ketones (excluding diaryl/α,β-unsaturated/α-hetero) is 1. The molecule has 0 aromatic heterocycles. The van der Waals surface area contributed by atoms with Crippen LogP contribution in [-0.4, -0.2) is 17.0 Å². The largest absolute Gasteiger partial charge is 0.393 e. The van der Waals surface area contributed by atoms with Gasteiger partial charge in [0.15, 0.2) is 0 Å². The molecule has 0 aliphatic heterocycles. The van der Waals surface area contributed by atoms with Crippen molar-refractivity contribution in [1.29, 1.82) is 0 Å². The third kappa shape index (κ3) is 3.30. The second-order valence-corrected chi connectivity index (χ2v) is 5.59. The quantitative estimate of drug-likeness (QED) is 0.781. The fourth-order valence-corrected chi connectivity index (χ4v) is 2.86. The third-order valence-corrected chi connectivity index (χ3v) is 3.89. The van der Waals surface area contributed by atoms with Gasteiger partial charge in [0.25, 0.3) is 0 Å². The van der Waals surface area contributed by atoms with Crippen LogP contribution in [0.1, 0.15) is 47.0 Å². The average molecular weight is 212 g/mol. The minimum Gasteiger partial charge on any atom is -0.393 e. The lowest BCUT2D eigenvalue weighted by molar-refractivity contribution is -0.119. The van der Waals surface area contributed by atoms with Crippen LogP contribution in [0.25, 0.3) is 0 Å². The average Bonchev–Trinajstić information content (AvgIpc) is 2.08. The molecule has 2 heteroatoms. The number of aliphatic hydroxyl groups is 1. The maximum Gasteiger partial charge on any atom is 0.130 e. The summed E-state index contributed by atoms with van der Waals surface area (Å²) in [5, 5.41) is 9.98. The van der Waals surface area contributed by atoms with Crippen molar-refractivity contribution in [3.8, 4) is 0 Å². The van der Waals surface area contributed by atoms with Crippen LogP contribution < -0.4 is 0 Å². The van der Waals surface area contributed by atoms with Crippen molar-refractivity contribution < 1.29 is 9.90 Å². The summed E-state index contributed by atoms with van der Waals surface area (Å²) in [5.41, 5.74) is 0. The maximum absolute atomic E-state index is 11.2. The van der Waals surface area contributed by atoms with Gasteiger partial charge in [-0.05, 0) is 43.4 Å². The molecule has 15 heavy (non-hydrogen) atoms. The minimum absolute atomic E-state index is 0.164. The zero-order valence-corrected chi connectivity index (χ0v) is 10.4. The summed E-state index contributed by atoms with van der Waals surface area (Å²) in [4.78, 5) is 11.2. The van der Waals surface area contributed by atoms with Gasteiger partial charge >= 0.3 is 0 Å². The highest BCUT2D eigenvalue weighted by Crippen LogP contribution is 2.39. The van der Waals surface area contributed by atoms with E-state index in [-0.39, 0.29) is 11.9 Å². The summed E-state index contributed by atoms with van der Waals surface area (Å²) in [6.07, 6.45) is 2.40. The van der Waals surface area contributed by atoms with Crippen molar-refractivity contribution >= 4 is 5.78 Å². The molecule has 88 valence electrons. The molecule has 1 saturated carbocycles. The highest BCUT2D eigenvalue weighted by Gasteiger charge is 2.35. The van der Waals surface area contributed by atoms with Gasteiger partial charge in [0.05, 0.1) is 6.10 Å². The molecule has 0 spiro atoms. The molecule has 0 aromatic carbocycles. The smallest absolute Gasteiger partial charge is 0.130 e. The van der Waals surface area contributed by atoms with Gasteiger partial charge in [0.2, 0.25) is 0 Å². The second kappa shape index (κ2) is 5.11. The Balaban J connectivity index is 2.62. The summed E-state index contributed by atoms with van der Waals surface area (Å²) in [7, 11) is 0. The first-order valence-electron chi connectivity index (χ1n) is 6.09. The van der Waals surface area contributed by atoms with E-state index in [0.29, 0.717) is 30.1 Å². The van der Waals surface area contributed by atoms with E-state index >= 15 is 0 Å². The van der Waals surface area contributed by atoms with Gasteiger partial charge in [-0.1, -0.05) is 20.8 Å². The number of hydrogen-bond donors (Lipinski definition) is 1. The van der Waals surface area contributed by atoms with Gasteiger partial charge in [0, 0.05) is 6.42 Å². The molecular weight excluding hydrogens is 188 g/mol. The Morgan fingerprint density at radius 1 is 1.40 bits per heavy atom. The fraction of sp³-hybridized carbons (Fsp3) is 0.923. The second-order valence-electron chi connectivity index (χ2n) is 5.59.